The number of rotatable bonds is 4. The van der Waals surface area contributed by atoms with E-state index in [4.69, 9.17) is 19.3 Å². The second-order valence-corrected chi connectivity index (χ2v) is 37.5. The van der Waals surface area contributed by atoms with Gasteiger partial charge in [-0.1, -0.05) is 91.7 Å². The molecule has 0 aliphatic heterocycles. The molecule has 0 fully saturated rings. The quantitative estimate of drug-likeness (QED) is 0.237. The molecule has 2 aromatic carbocycles. The molecule has 0 atom stereocenters. The zero-order valence-corrected chi connectivity index (χ0v) is 32.4. The Bertz CT molecular complexity index is 621. The van der Waals surface area contributed by atoms with Crippen molar-refractivity contribution in [2.45, 2.75) is 91.7 Å². The van der Waals surface area contributed by atoms with Crippen LogP contribution in [0.5, 0.6) is 0 Å². The van der Waals surface area contributed by atoms with Gasteiger partial charge >= 0.3 is 34.7 Å². The van der Waals surface area contributed by atoms with Crippen molar-refractivity contribution in [1.82, 2.24) is 0 Å². The van der Waals surface area contributed by atoms with Gasteiger partial charge in [-0.05, 0) is 0 Å². The van der Waals surface area contributed by atoms with Crippen LogP contribution in [-0.4, -0.2) is 41.8 Å². The van der Waals surface area contributed by atoms with E-state index in [1.807, 2.05) is 0 Å². The average Bonchev–Trinajstić information content (AvgIpc) is 3.25. The molecule has 0 unspecified atom stereocenters. The van der Waals surface area contributed by atoms with Crippen molar-refractivity contribution < 1.29 is 15.4 Å². The summed E-state index contributed by atoms with van der Waals surface area (Å²) in [5, 5.41) is 6.46. The third-order valence-electron chi connectivity index (χ3n) is 4.97. The third kappa shape index (κ3) is 15.1. The van der Waals surface area contributed by atoms with Gasteiger partial charge in [0, 0.05) is 25.7 Å². The SMILES string of the molecule is C[SiH]C.C[Si](C)(C)c1c[cH-]c([Si](C)(C)C)c1.C[Si](C)(C)c1c[cH-]c([Si](C)(C)C)c1.[Cl][Os][Cl]. The molecule has 189 valence electrons. The van der Waals surface area contributed by atoms with Crippen molar-refractivity contribution >= 4 is 81.8 Å². The molecule has 0 aliphatic rings. The van der Waals surface area contributed by atoms with E-state index in [0.29, 0.717) is 0 Å². The molecular formula is C24H49Cl2OsSi5-2. The second-order valence-electron chi connectivity index (χ2n) is 12.4. The summed E-state index contributed by atoms with van der Waals surface area (Å²) in [6, 6.07) is 14.3. The van der Waals surface area contributed by atoms with Crippen LogP contribution in [0.1, 0.15) is 0 Å². The van der Waals surface area contributed by atoms with Crippen molar-refractivity contribution in [3.05, 3.63) is 36.4 Å². The van der Waals surface area contributed by atoms with E-state index in [2.05, 4.69) is 128 Å². The van der Waals surface area contributed by atoms with Crippen LogP contribution in [0.2, 0.25) is 91.7 Å². The fourth-order valence-electron chi connectivity index (χ4n) is 2.75. The summed E-state index contributed by atoms with van der Waals surface area (Å²) in [6.45, 7) is 33.4. The molecule has 0 nitrogen and oxygen atoms in total. The maximum atomic E-state index is 4.90. The molecule has 0 bridgehead atoms. The first-order chi connectivity index (χ1) is 14.2. The molecule has 0 N–H and O–H groups in total. The first-order valence-electron chi connectivity index (χ1n) is 11.4. The molecule has 2 aromatic rings. The topological polar surface area (TPSA) is 0 Å². The molecule has 2 rings (SSSR count). The molecule has 0 amide bonds. The molecule has 8 heteroatoms. The molecule has 0 spiro atoms. The summed E-state index contributed by atoms with van der Waals surface area (Å²) < 4.78 is 0. The van der Waals surface area contributed by atoms with Crippen LogP contribution in [0.3, 0.4) is 0 Å². The zero-order chi connectivity index (χ0) is 26.0. The van der Waals surface area contributed by atoms with Crippen LogP contribution >= 0.6 is 19.3 Å². The van der Waals surface area contributed by atoms with Gasteiger partial charge in [-0.25, -0.2) is 22.5 Å². The van der Waals surface area contributed by atoms with E-state index in [0.717, 1.165) is 9.52 Å². The second kappa shape index (κ2) is 15.2. The van der Waals surface area contributed by atoms with Crippen LogP contribution in [0.4, 0.5) is 0 Å². The van der Waals surface area contributed by atoms with E-state index < -0.39 is 47.7 Å². The Morgan fingerprint density at radius 1 is 0.594 bits per heavy atom. The summed E-state index contributed by atoms with van der Waals surface area (Å²) in [4.78, 5) is 0. The maximum absolute atomic E-state index is 4.90. The monoisotopic (exact) mass is 739 g/mol. The van der Waals surface area contributed by atoms with Gasteiger partial charge in [0.1, 0.15) is 0 Å². The van der Waals surface area contributed by atoms with Crippen molar-refractivity contribution in [1.29, 1.82) is 0 Å². The minimum absolute atomic E-state index is 0.639. The molecular weight excluding hydrogens is 690 g/mol. The van der Waals surface area contributed by atoms with Crippen LogP contribution < -0.4 is 20.7 Å². The first kappa shape index (κ1) is 35.2. The molecule has 0 aliphatic carbocycles. The summed E-state index contributed by atoms with van der Waals surface area (Å²) >= 11 is -0.639. The summed E-state index contributed by atoms with van der Waals surface area (Å²) in [5.74, 6) is 0. The van der Waals surface area contributed by atoms with Gasteiger partial charge in [-0.2, -0.15) is 34.6 Å². The van der Waals surface area contributed by atoms with Crippen LogP contribution in [0.25, 0.3) is 0 Å². The fourth-order valence-corrected chi connectivity index (χ4v) is 7.73. The van der Waals surface area contributed by atoms with Crippen molar-refractivity contribution in [2.75, 3.05) is 0 Å². The van der Waals surface area contributed by atoms with Gasteiger partial charge in [-0.15, -0.1) is 0 Å². The molecule has 32 heavy (non-hydrogen) atoms. The fraction of sp³-hybridized carbons (Fsp3) is 0.583. The van der Waals surface area contributed by atoms with E-state index in [1.165, 1.54) is 0 Å². The first-order valence-corrected chi connectivity index (χ1v) is 34.0. The van der Waals surface area contributed by atoms with E-state index in [1.54, 1.807) is 20.7 Å². The zero-order valence-electron chi connectivity index (χ0n) is 23.2. The van der Waals surface area contributed by atoms with Gasteiger partial charge in [0.15, 0.2) is 0 Å². The molecule has 0 saturated carbocycles. The Labute approximate surface area is 223 Å². The van der Waals surface area contributed by atoms with Gasteiger partial charge < -0.3 is 0 Å². The van der Waals surface area contributed by atoms with Crippen LogP contribution in [0.15, 0.2) is 36.4 Å². The Kier molecular flexibility index (Phi) is 16.7. The number of halogens is 2. The predicted octanol–water partition coefficient (Wildman–Crippen LogP) is 6.89. The van der Waals surface area contributed by atoms with Crippen molar-refractivity contribution in [2.24, 2.45) is 0 Å². The molecule has 0 saturated heterocycles. The van der Waals surface area contributed by atoms with Crippen LogP contribution in [-0.2, 0) is 15.4 Å². The Hall–Kier alpha value is 1.00. The molecule has 1 radical (unpaired) electrons. The van der Waals surface area contributed by atoms with E-state index >= 15 is 0 Å². The predicted molar refractivity (Wildman–Crippen MR) is 167 cm³/mol. The van der Waals surface area contributed by atoms with E-state index in [-0.39, 0.29) is 0 Å². The summed E-state index contributed by atoms with van der Waals surface area (Å²) in [7, 11) is 6.28. The Balaban J connectivity index is 0. The summed E-state index contributed by atoms with van der Waals surface area (Å²) in [6.07, 6.45) is 0. The van der Waals surface area contributed by atoms with Gasteiger partial charge in [0.2, 0.25) is 0 Å². The van der Waals surface area contributed by atoms with E-state index in [9.17, 15) is 0 Å². The Morgan fingerprint density at radius 3 is 0.906 bits per heavy atom. The van der Waals surface area contributed by atoms with Gasteiger partial charge in [0.25, 0.3) is 0 Å². The third-order valence-corrected chi connectivity index (χ3v) is 13.1. The van der Waals surface area contributed by atoms with Crippen molar-refractivity contribution in [3.63, 3.8) is 0 Å². The number of hydrogen-bond donors (Lipinski definition) is 0. The Morgan fingerprint density at radius 2 is 0.812 bits per heavy atom. The van der Waals surface area contributed by atoms with Crippen LogP contribution in [0, 0.1) is 0 Å². The molecule has 0 heterocycles. The summed E-state index contributed by atoms with van der Waals surface area (Å²) in [5.41, 5.74) is 0. The standard InChI is InChI=1S/2C11H21Si2.C2H7Si.2ClH.Os/c2*1-12(2,3)10-7-8-11(9-10)13(4,5)6;1-3-2;;;/h2*7-9H,1-6H3;3H,1-2H3;2*1H;/q2*-1;;;;+2/p-2. The average molecular weight is 739 g/mol. The molecule has 0 aromatic heterocycles. The number of hydrogen-bond acceptors (Lipinski definition) is 0. The van der Waals surface area contributed by atoms with Gasteiger partial charge in [0.05, 0.1) is 16.1 Å². The minimum atomic E-state index is -1.07. The van der Waals surface area contributed by atoms with Crippen molar-refractivity contribution in [3.8, 4) is 0 Å². The van der Waals surface area contributed by atoms with Gasteiger partial charge in [-0.3, -0.25) is 0 Å². The normalized spacial score (nSPS) is 12.1.